The van der Waals surface area contributed by atoms with Gasteiger partial charge >= 0.3 is 5.97 Å². The molecule has 3 heteroatoms. The van der Waals surface area contributed by atoms with Gasteiger partial charge in [-0.15, -0.1) is 0 Å². The number of Topliss-reactive ketones (excluding diaryl/α,β-unsaturated/α-hetero) is 1. The molecule has 17 heavy (non-hydrogen) atoms. The van der Waals surface area contributed by atoms with Crippen LogP contribution in [0, 0.1) is 10.8 Å². The summed E-state index contributed by atoms with van der Waals surface area (Å²) in [6.07, 6.45) is 2.40. The highest BCUT2D eigenvalue weighted by molar-refractivity contribution is 5.80. The van der Waals surface area contributed by atoms with Crippen molar-refractivity contribution in [1.82, 2.24) is 0 Å². The Labute approximate surface area is 104 Å². The maximum Gasteiger partial charge on any atom is 0.312 e. The summed E-state index contributed by atoms with van der Waals surface area (Å²) in [6.45, 7) is 9.96. The summed E-state index contributed by atoms with van der Waals surface area (Å²) >= 11 is 0. The van der Waals surface area contributed by atoms with Gasteiger partial charge in [0.25, 0.3) is 0 Å². The minimum Gasteiger partial charge on any atom is -0.462 e. The third-order valence-electron chi connectivity index (χ3n) is 4.15. The zero-order valence-electron chi connectivity index (χ0n) is 11.6. The molecule has 0 aromatic heterocycles. The summed E-state index contributed by atoms with van der Waals surface area (Å²) in [5, 5.41) is 0. The predicted octanol–water partition coefficient (Wildman–Crippen LogP) is 3.11. The van der Waals surface area contributed by atoms with Gasteiger partial charge in [-0.25, -0.2) is 0 Å². The molecule has 0 aliphatic heterocycles. The molecular formula is C14H24O3. The van der Waals surface area contributed by atoms with E-state index in [2.05, 4.69) is 0 Å². The van der Waals surface area contributed by atoms with Gasteiger partial charge in [-0.05, 0) is 32.1 Å². The molecule has 0 spiro atoms. The lowest BCUT2D eigenvalue weighted by molar-refractivity contribution is -0.168. The van der Waals surface area contributed by atoms with Crippen molar-refractivity contribution in [2.75, 3.05) is 0 Å². The first-order valence-electron chi connectivity index (χ1n) is 6.37. The van der Waals surface area contributed by atoms with E-state index >= 15 is 0 Å². The highest BCUT2D eigenvalue weighted by atomic mass is 16.5. The minimum absolute atomic E-state index is 0.0678. The van der Waals surface area contributed by atoms with E-state index < -0.39 is 5.41 Å². The van der Waals surface area contributed by atoms with Crippen LogP contribution < -0.4 is 0 Å². The molecule has 1 rings (SSSR count). The molecule has 0 atom stereocenters. The number of ketones is 1. The number of ether oxygens (including phenoxy) is 1. The molecule has 0 amide bonds. The van der Waals surface area contributed by atoms with Crippen molar-refractivity contribution >= 4 is 11.8 Å². The number of esters is 1. The molecule has 0 bridgehead atoms. The molecule has 0 unspecified atom stereocenters. The number of hydrogen-bond donors (Lipinski definition) is 0. The quantitative estimate of drug-likeness (QED) is 0.696. The lowest BCUT2D eigenvalue weighted by Gasteiger charge is -2.37. The minimum atomic E-state index is -0.505. The van der Waals surface area contributed by atoms with Crippen LogP contribution in [-0.4, -0.2) is 17.9 Å². The first-order valence-corrected chi connectivity index (χ1v) is 6.37. The predicted molar refractivity (Wildman–Crippen MR) is 66.6 cm³/mol. The summed E-state index contributed by atoms with van der Waals surface area (Å²) in [5.74, 6) is 0.136. The van der Waals surface area contributed by atoms with E-state index in [0.29, 0.717) is 25.7 Å². The lowest BCUT2D eigenvalue weighted by Crippen LogP contribution is -2.41. The SMILES string of the molecule is CC(C)(C)C(C)(C)C(=O)OC1CCC(=O)CC1. The third-order valence-corrected chi connectivity index (χ3v) is 4.15. The van der Waals surface area contributed by atoms with Crippen LogP contribution in [0.5, 0.6) is 0 Å². The fourth-order valence-corrected chi connectivity index (χ4v) is 1.64. The van der Waals surface area contributed by atoms with Crippen molar-refractivity contribution in [3.63, 3.8) is 0 Å². The number of hydrogen-bond acceptors (Lipinski definition) is 3. The molecule has 0 aromatic rings. The first-order chi connectivity index (χ1) is 7.64. The van der Waals surface area contributed by atoms with Crippen LogP contribution in [0.1, 0.15) is 60.3 Å². The van der Waals surface area contributed by atoms with E-state index in [1.807, 2.05) is 34.6 Å². The van der Waals surface area contributed by atoms with Crippen LogP contribution in [0.4, 0.5) is 0 Å². The normalized spacial score (nSPS) is 19.2. The summed E-state index contributed by atoms with van der Waals surface area (Å²) in [5.41, 5.74) is -0.636. The molecule has 0 aromatic carbocycles. The smallest absolute Gasteiger partial charge is 0.312 e. The summed E-state index contributed by atoms with van der Waals surface area (Å²) in [4.78, 5) is 23.3. The van der Waals surface area contributed by atoms with Crippen molar-refractivity contribution in [3.05, 3.63) is 0 Å². The van der Waals surface area contributed by atoms with E-state index in [9.17, 15) is 9.59 Å². The second kappa shape index (κ2) is 4.79. The Balaban J connectivity index is 2.58. The second-order valence-electron chi connectivity index (χ2n) is 6.52. The van der Waals surface area contributed by atoms with Crippen LogP contribution in [0.2, 0.25) is 0 Å². The topological polar surface area (TPSA) is 43.4 Å². The number of rotatable bonds is 2. The van der Waals surface area contributed by atoms with E-state index in [0.717, 1.165) is 0 Å². The van der Waals surface area contributed by atoms with Crippen LogP contribution in [-0.2, 0) is 14.3 Å². The van der Waals surface area contributed by atoms with Crippen molar-refractivity contribution < 1.29 is 14.3 Å². The van der Waals surface area contributed by atoms with Crippen LogP contribution in [0.3, 0.4) is 0 Å². The van der Waals surface area contributed by atoms with E-state index in [-0.39, 0.29) is 23.3 Å². The molecule has 0 heterocycles. The van der Waals surface area contributed by atoms with E-state index in [1.54, 1.807) is 0 Å². The van der Waals surface area contributed by atoms with Crippen LogP contribution in [0.25, 0.3) is 0 Å². The maximum atomic E-state index is 12.2. The Morgan fingerprint density at radius 2 is 1.59 bits per heavy atom. The fourth-order valence-electron chi connectivity index (χ4n) is 1.64. The van der Waals surface area contributed by atoms with Crippen molar-refractivity contribution in [3.8, 4) is 0 Å². The van der Waals surface area contributed by atoms with Crippen molar-refractivity contribution in [2.24, 2.45) is 10.8 Å². The monoisotopic (exact) mass is 240 g/mol. The second-order valence-corrected chi connectivity index (χ2v) is 6.52. The Morgan fingerprint density at radius 3 is 2.00 bits per heavy atom. The first kappa shape index (κ1) is 14.2. The molecule has 0 N–H and O–H groups in total. The Hall–Kier alpha value is -0.860. The van der Waals surface area contributed by atoms with Gasteiger partial charge in [0.1, 0.15) is 11.9 Å². The number of carbonyl (C=O) groups is 2. The molecule has 3 nitrogen and oxygen atoms in total. The van der Waals surface area contributed by atoms with Gasteiger partial charge in [-0.2, -0.15) is 0 Å². The largest absolute Gasteiger partial charge is 0.462 e. The van der Waals surface area contributed by atoms with Gasteiger partial charge in [0.15, 0.2) is 0 Å². The van der Waals surface area contributed by atoms with Gasteiger partial charge in [0.2, 0.25) is 0 Å². The molecule has 0 radical (unpaired) electrons. The highest BCUT2D eigenvalue weighted by Gasteiger charge is 2.42. The fraction of sp³-hybridized carbons (Fsp3) is 0.857. The Kier molecular flexibility index (Phi) is 4.00. The summed E-state index contributed by atoms with van der Waals surface area (Å²) in [7, 11) is 0. The van der Waals surface area contributed by atoms with Gasteiger partial charge in [0.05, 0.1) is 5.41 Å². The number of carbonyl (C=O) groups excluding carboxylic acids is 2. The summed E-state index contributed by atoms with van der Waals surface area (Å²) < 4.78 is 5.54. The maximum absolute atomic E-state index is 12.2. The van der Waals surface area contributed by atoms with Gasteiger partial charge in [0, 0.05) is 12.8 Å². The van der Waals surface area contributed by atoms with Crippen LogP contribution in [0.15, 0.2) is 0 Å². The lowest BCUT2D eigenvalue weighted by atomic mass is 9.69. The van der Waals surface area contributed by atoms with Crippen molar-refractivity contribution in [2.45, 2.75) is 66.4 Å². The van der Waals surface area contributed by atoms with Gasteiger partial charge in [-0.1, -0.05) is 20.8 Å². The molecule has 98 valence electrons. The van der Waals surface area contributed by atoms with E-state index in [4.69, 9.17) is 4.74 Å². The van der Waals surface area contributed by atoms with Gasteiger partial charge in [-0.3, -0.25) is 9.59 Å². The Morgan fingerprint density at radius 1 is 1.12 bits per heavy atom. The average Bonchev–Trinajstić information content (AvgIpc) is 2.19. The molecular weight excluding hydrogens is 216 g/mol. The molecule has 1 fully saturated rings. The molecule has 1 aliphatic rings. The Bertz CT molecular complexity index is 300. The zero-order chi connectivity index (χ0) is 13.3. The van der Waals surface area contributed by atoms with Crippen LogP contribution >= 0.6 is 0 Å². The standard InChI is InChI=1S/C14H24O3/c1-13(2,3)14(4,5)12(16)17-11-8-6-10(15)7-9-11/h11H,6-9H2,1-5H3. The highest BCUT2D eigenvalue weighted by Crippen LogP contribution is 2.39. The van der Waals surface area contributed by atoms with E-state index in [1.165, 1.54) is 0 Å². The molecule has 1 saturated carbocycles. The molecule has 0 saturated heterocycles. The van der Waals surface area contributed by atoms with Crippen molar-refractivity contribution in [1.29, 1.82) is 0 Å². The average molecular weight is 240 g/mol. The zero-order valence-corrected chi connectivity index (χ0v) is 11.6. The van der Waals surface area contributed by atoms with Gasteiger partial charge < -0.3 is 4.74 Å². The third kappa shape index (κ3) is 3.30. The summed E-state index contributed by atoms with van der Waals surface area (Å²) in [6, 6.07) is 0. The molecule has 1 aliphatic carbocycles.